The molecule has 8 heteroatoms. The Bertz CT molecular complexity index is 992. The molecule has 1 N–H and O–H groups in total. The smallest absolute Gasteiger partial charge is 0.264 e. The average molecular weight is 447 g/mol. The maximum absolute atomic E-state index is 12.3. The summed E-state index contributed by atoms with van der Waals surface area (Å²) in [6.45, 7) is -0.0449. The summed E-state index contributed by atoms with van der Waals surface area (Å²) in [5.41, 5.74) is 0.580. The standard InChI is InChI=1S/C21H19ClN2O3S2/c1-24(21(26)19-4-3-11-28-19)13-20(25)23-14-5-10-18(17(22)12-14)29-16-8-6-15(27-2)7-9-16/h3-12H,13H2,1-2H3,(H,23,25). The normalized spacial score (nSPS) is 10.4. The van der Waals surface area contributed by atoms with E-state index in [1.807, 2.05) is 35.7 Å². The number of methoxy groups -OCH3 is 1. The first-order chi connectivity index (χ1) is 14.0. The minimum atomic E-state index is -0.288. The Morgan fingerprint density at radius 1 is 1.17 bits per heavy atom. The molecule has 1 aromatic heterocycles. The van der Waals surface area contributed by atoms with Crippen molar-refractivity contribution in [3.63, 3.8) is 0 Å². The highest BCUT2D eigenvalue weighted by Gasteiger charge is 2.16. The van der Waals surface area contributed by atoms with Crippen LogP contribution >= 0.6 is 34.7 Å². The number of ether oxygens (including phenoxy) is 1. The Morgan fingerprint density at radius 2 is 1.93 bits per heavy atom. The highest BCUT2D eigenvalue weighted by Crippen LogP contribution is 2.35. The summed E-state index contributed by atoms with van der Waals surface area (Å²) < 4.78 is 5.16. The molecule has 150 valence electrons. The van der Waals surface area contributed by atoms with Crippen LogP contribution in [0.15, 0.2) is 69.8 Å². The quantitative estimate of drug-likeness (QED) is 0.537. The van der Waals surface area contributed by atoms with E-state index >= 15 is 0 Å². The Balaban J connectivity index is 1.59. The lowest BCUT2D eigenvalue weighted by Crippen LogP contribution is -2.34. The molecule has 0 radical (unpaired) electrons. The Labute approximate surface area is 182 Å². The molecule has 1 heterocycles. The number of likely N-dealkylation sites (N-methyl/N-ethyl adjacent to an activating group) is 1. The topological polar surface area (TPSA) is 58.6 Å². The molecule has 5 nitrogen and oxygen atoms in total. The van der Waals surface area contributed by atoms with E-state index in [1.165, 1.54) is 28.0 Å². The van der Waals surface area contributed by atoms with Gasteiger partial charge in [-0.2, -0.15) is 0 Å². The number of carbonyl (C=O) groups excluding carboxylic acids is 2. The first-order valence-corrected chi connectivity index (χ1v) is 10.7. The number of anilines is 1. The van der Waals surface area contributed by atoms with Crippen LogP contribution in [0.4, 0.5) is 5.69 Å². The van der Waals surface area contributed by atoms with Gasteiger partial charge < -0.3 is 15.0 Å². The molecule has 2 aromatic carbocycles. The lowest BCUT2D eigenvalue weighted by Gasteiger charge is -2.16. The van der Waals surface area contributed by atoms with Gasteiger partial charge in [0.05, 0.1) is 23.6 Å². The maximum atomic E-state index is 12.3. The van der Waals surface area contributed by atoms with Crippen LogP contribution in [0.5, 0.6) is 5.75 Å². The molecule has 0 bridgehead atoms. The number of rotatable bonds is 7. The van der Waals surface area contributed by atoms with Crippen molar-refractivity contribution >= 4 is 52.2 Å². The summed E-state index contributed by atoms with van der Waals surface area (Å²) >= 11 is 9.25. The molecule has 0 atom stereocenters. The molecule has 0 unspecified atom stereocenters. The van der Waals surface area contributed by atoms with Crippen molar-refractivity contribution < 1.29 is 14.3 Å². The highest BCUT2D eigenvalue weighted by atomic mass is 35.5. The molecule has 2 amide bonds. The van der Waals surface area contributed by atoms with Gasteiger partial charge in [0.1, 0.15) is 5.75 Å². The largest absolute Gasteiger partial charge is 0.497 e. The zero-order valence-electron chi connectivity index (χ0n) is 15.8. The second-order valence-corrected chi connectivity index (χ2v) is 8.58. The Hall–Kier alpha value is -2.48. The van der Waals surface area contributed by atoms with Gasteiger partial charge in [-0.1, -0.05) is 29.4 Å². The summed E-state index contributed by atoms with van der Waals surface area (Å²) in [5, 5.41) is 5.14. The van der Waals surface area contributed by atoms with Gasteiger partial charge in [0, 0.05) is 22.5 Å². The lowest BCUT2D eigenvalue weighted by molar-refractivity contribution is -0.116. The number of hydrogen-bond acceptors (Lipinski definition) is 5. The monoisotopic (exact) mass is 446 g/mol. The fourth-order valence-electron chi connectivity index (χ4n) is 2.51. The van der Waals surface area contributed by atoms with E-state index in [9.17, 15) is 9.59 Å². The van der Waals surface area contributed by atoms with Crippen molar-refractivity contribution in [3.05, 3.63) is 69.9 Å². The summed E-state index contributed by atoms with van der Waals surface area (Å²) in [5.74, 6) is 0.324. The van der Waals surface area contributed by atoms with Crippen LogP contribution in [0.2, 0.25) is 5.02 Å². The van der Waals surface area contributed by atoms with Gasteiger partial charge >= 0.3 is 0 Å². The molecule has 3 aromatic rings. The minimum Gasteiger partial charge on any atom is -0.497 e. The van der Waals surface area contributed by atoms with Gasteiger partial charge in [-0.05, 0) is 53.9 Å². The molecular weight excluding hydrogens is 428 g/mol. The van der Waals surface area contributed by atoms with E-state index in [0.29, 0.717) is 15.6 Å². The van der Waals surface area contributed by atoms with Crippen LogP contribution in [-0.2, 0) is 4.79 Å². The van der Waals surface area contributed by atoms with Gasteiger partial charge in [-0.3, -0.25) is 9.59 Å². The molecule has 0 aliphatic heterocycles. The molecular formula is C21H19ClN2O3S2. The van der Waals surface area contributed by atoms with Gasteiger partial charge in [-0.15, -0.1) is 11.3 Å². The molecule has 0 spiro atoms. The zero-order valence-corrected chi connectivity index (χ0v) is 18.2. The fraction of sp³-hybridized carbons (Fsp3) is 0.143. The third-order valence-electron chi connectivity index (χ3n) is 3.96. The van der Waals surface area contributed by atoms with Crippen molar-refractivity contribution in [1.29, 1.82) is 0 Å². The maximum Gasteiger partial charge on any atom is 0.264 e. The molecule has 0 saturated carbocycles. The minimum absolute atomic E-state index is 0.0449. The number of nitrogens with one attached hydrogen (secondary N) is 1. The second kappa shape index (κ2) is 9.82. The predicted molar refractivity (Wildman–Crippen MR) is 118 cm³/mol. The summed E-state index contributed by atoms with van der Waals surface area (Å²) in [6, 6.07) is 16.6. The number of amides is 2. The van der Waals surface area contributed by atoms with Gasteiger partial charge in [0.25, 0.3) is 5.91 Å². The van der Waals surface area contributed by atoms with Crippen LogP contribution in [0.1, 0.15) is 9.67 Å². The predicted octanol–water partition coefficient (Wildman–Crippen LogP) is 5.27. The molecule has 29 heavy (non-hydrogen) atoms. The third kappa shape index (κ3) is 5.76. The fourth-order valence-corrected chi connectivity index (χ4v) is 4.34. The zero-order chi connectivity index (χ0) is 20.8. The van der Waals surface area contributed by atoms with E-state index in [2.05, 4.69) is 5.32 Å². The SMILES string of the molecule is COc1ccc(Sc2ccc(NC(=O)CN(C)C(=O)c3cccs3)cc2Cl)cc1. The van der Waals surface area contributed by atoms with Crippen LogP contribution in [0.3, 0.4) is 0 Å². The van der Waals surface area contributed by atoms with Gasteiger partial charge in [-0.25, -0.2) is 0 Å². The van der Waals surface area contributed by atoms with Gasteiger partial charge in [0.15, 0.2) is 0 Å². The van der Waals surface area contributed by atoms with Crippen molar-refractivity contribution in [2.24, 2.45) is 0 Å². The summed E-state index contributed by atoms with van der Waals surface area (Å²) in [7, 11) is 3.23. The lowest BCUT2D eigenvalue weighted by atomic mass is 10.3. The number of hydrogen-bond donors (Lipinski definition) is 1. The molecule has 0 aliphatic carbocycles. The van der Waals surface area contributed by atoms with E-state index in [1.54, 1.807) is 38.4 Å². The van der Waals surface area contributed by atoms with Crippen molar-refractivity contribution in [1.82, 2.24) is 4.90 Å². The molecule has 0 fully saturated rings. The van der Waals surface area contributed by atoms with Crippen LogP contribution in [0, 0.1) is 0 Å². The van der Waals surface area contributed by atoms with E-state index in [-0.39, 0.29) is 18.4 Å². The number of benzene rings is 2. The summed E-state index contributed by atoms with van der Waals surface area (Å²) in [4.78, 5) is 28.4. The number of halogens is 1. The summed E-state index contributed by atoms with van der Waals surface area (Å²) in [6.07, 6.45) is 0. The van der Waals surface area contributed by atoms with Gasteiger partial charge in [0.2, 0.25) is 5.91 Å². The van der Waals surface area contributed by atoms with Crippen LogP contribution in [0.25, 0.3) is 0 Å². The van der Waals surface area contributed by atoms with Crippen LogP contribution < -0.4 is 10.1 Å². The first-order valence-electron chi connectivity index (χ1n) is 8.66. The third-order valence-corrected chi connectivity index (χ3v) is 6.33. The van der Waals surface area contributed by atoms with E-state index in [4.69, 9.17) is 16.3 Å². The number of nitrogens with zero attached hydrogens (tertiary/aromatic N) is 1. The molecule has 0 saturated heterocycles. The van der Waals surface area contributed by atoms with Crippen molar-refractivity contribution in [2.75, 3.05) is 26.0 Å². The molecule has 3 rings (SSSR count). The highest BCUT2D eigenvalue weighted by molar-refractivity contribution is 7.99. The second-order valence-electron chi connectivity index (χ2n) is 6.11. The number of carbonyl (C=O) groups is 2. The van der Waals surface area contributed by atoms with Crippen molar-refractivity contribution in [2.45, 2.75) is 9.79 Å². The first kappa shape index (κ1) is 21.2. The Kier molecular flexibility index (Phi) is 7.19. The number of thiophene rings is 1. The van der Waals surface area contributed by atoms with E-state index < -0.39 is 0 Å². The molecule has 0 aliphatic rings. The van der Waals surface area contributed by atoms with E-state index in [0.717, 1.165) is 15.5 Å². The average Bonchev–Trinajstić information content (AvgIpc) is 3.24. The Morgan fingerprint density at radius 3 is 2.55 bits per heavy atom. The van der Waals surface area contributed by atoms with Crippen LogP contribution in [-0.4, -0.2) is 37.4 Å². The van der Waals surface area contributed by atoms with Crippen molar-refractivity contribution in [3.8, 4) is 5.75 Å².